The van der Waals surface area contributed by atoms with E-state index >= 15 is 0 Å². The highest BCUT2D eigenvalue weighted by molar-refractivity contribution is 6.62. The Morgan fingerprint density at radius 1 is 1.12 bits per heavy atom. The summed E-state index contributed by atoms with van der Waals surface area (Å²) in [5.74, 6) is -0.622. The van der Waals surface area contributed by atoms with Gasteiger partial charge in [0.15, 0.2) is 0 Å². The lowest BCUT2D eigenvalue weighted by molar-refractivity contribution is -0.176. The minimum Gasteiger partial charge on any atom is -0.399 e. The van der Waals surface area contributed by atoms with E-state index in [1.807, 2.05) is 27.7 Å². The Morgan fingerprint density at radius 2 is 1.72 bits per heavy atom. The van der Waals surface area contributed by atoms with Crippen molar-refractivity contribution in [2.24, 2.45) is 5.41 Å². The van der Waals surface area contributed by atoms with E-state index in [1.165, 1.54) is 6.07 Å². The van der Waals surface area contributed by atoms with Gasteiger partial charge in [-0.2, -0.15) is 0 Å². The minimum atomic E-state index is -0.770. The van der Waals surface area contributed by atoms with Gasteiger partial charge in [0, 0.05) is 24.1 Å². The van der Waals surface area contributed by atoms with Crippen molar-refractivity contribution < 1.29 is 23.2 Å². The number of rotatable bonds is 2. The van der Waals surface area contributed by atoms with Crippen LogP contribution in [0.1, 0.15) is 38.1 Å². The van der Waals surface area contributed by atoms with Gasteiger partial charge in [-0.3, -0.25) is 4.79 Å². The molecule has 3 heterocycles. The molecule has 1 aromatic carbocycles. The molecule has 1 spiro atoms. The van der Waals surface area contributed by atoms with Crippen LogP contribution in [0.25, 0.3) is 0 Å². The number of amides is 1. The number of benzene rings is 1. The summed E-state index contributed by atoms with van der Waals surface area (Å²) in [6.07, 6.45) is 0. The molecule has 3 aliphatic rings. The van der Waals surface area contributed by atoms with Crippen molar-refractivity contribution in [3.05, 3.63) is 29.6 Å². The van der Waals surface area contributed by atoms with Crippen LogP contribution in [-0.2, 0) is 14.0 Å². The molecule has 25 heavy (non-hydrogen) atoms. The molecule has 134 valence electrons. The third-order valence-corrected chi connectivity index (χ3v) is 5.91. The third-order valence-electron chi connectivity index (χ3n) is 5.91. The maximum absolute atomic E-state index is 14.6. The first-order valence-electron chi connectivity index (χ1n) is 8.65. The Kier molecular flexibility index (Phi) is 3.59. The van der Waals surface area contributed by atoms with Crippen LogP contribution in [0.5, 0.6) is 0 Å². The Bertz CT molecular complexity index is 708. The second-order valence-electron chi connectivity index (χ2n) is 8.48. The van der Waals surface area contributed by atoms with E-state index in [-0.39, 0.29) is 11.3 Å². The molecule has 1 aromatic rings. The number of carbonyl (C=O) groups is 1. The highest BCUT2D eigenvalue weighted by atomic mass is 19.1. The molecule has 4 rings (SSSR count). The number of halogens is 1. The summed E-state index contributed by atoms with van der Waals surface area (Å²) < 4.78 is 31.6. The van der Waals surface area contributed by atoms with Crippen molar-refractivity contribution in [2.45, 2.75) is 38.9 Å². The van der Waals surface area contributed by atoms with Gasteiger partial charge in [-0.15, -0.1) is 0 Å². The van der Waals surface area contributed by atoms with E-state index in [9.17, 15) is 9.18 Å². The standard InChI is InChI=1S/C18H23BFNO4/c1-16(2)17(3,4)25-19(24-16)13-6-5-12(7-14(13)20)15(22)21-8-18(9-21)10-23-11-18/h5-7H,8-11H2,1-4H3. The highest BCUT2D eigenvalue weighted by Crippen LogP contribution is 2.38. The largest absolute Gasteiger partial charge is 0.497 e. The van der Waals surface area contributed by atoms with E-state index in [4.69, 9.17) is 14.0 Å². The van der Waals surface area contributed by atoms with E-state index in [2.05, 4.69) is 0 Å². The Morgan fingerprint density at radius 3 is 2.20 bits per heavy atom. The molecule has 0 aliphatic carbocycles. The predicted molar refractivity (Wildman–Crippen MR) is 91.3 cm³/mol. The molecule has 0 atom stereocenters. The molecular weight excluding hydrogens is 324 g/mol. The van der Waals surface area contributed by atoms with E-state index in [0.29, 0.717) is 37.3 Å². The zero-order valence-electron chi connectivity index (χ0n) is 15.1. The zero-order valence-corrected chi connectivity index (χ0v) is 15.1. The lowest BCUT2D eigenvalue weighted by Gasteiger charge is -2.54. The predicted octanol–water partition coefficient (Wildman–Crippen LogP) is 1.60. The smallest absolute Gasteiger partial charge is 0.399 e. The van der Waals surface area contributed by atoms with Crippen molar-refractivity contribution in [2.75, 3.05) is 26.3 Å². The van der Waals surface area contributed by atoms with Crippen molar-refractivity contribution in [1.29, 1.82) is 0 Å². The van der Waals surface area contributed by atoms with Crippen molar-refractivity contribution in [1.82, 2.24) is 4.90 Å². The SMILES string of the molecule is CC1(C)OB(c2ccc(C(=O)N3CC4(COC4)C3)cc2F)OC1(C)C. The molecular formula is C18H23BFNO4. The fraction of sp³-hybridized carbons (Fsp3) is 0.611. The monoisotopic (exact) mass is 347 g/mol. The van der Waals surface area contributed by atoms with Gasteiger partial charge < -0.3 is 18.9 Å². The second-order valence-corrected chi connectivity index (χ2v) is 8.48. The lowest BCUT2D eigenvalue weighted by Crippen LogP contribution is -2.67. The average molecular weight is 347 g/mol. The topological polar surface area (TPSA) is 48.0 Å². The van der Waals surface area contributed by atoms with Gasteiger partial charge >= 0.3 is 7.12 Å². The maximum atomic E-state index is 14.6. The van der Waals surface area contributed by atoms with Crippen LogP contribution in [0.4, 0.5) is 4.39 Å². The van der Waals surface area contributed by atoms with Crippen LogP contribution in [0.2, 0.25) is 0 Å². The summed E-state index contributed by atoms with van der Waals surface area (Å²) >= 11 is 0. The van der Waals surface area contributed by atoms with E-state index < -0.39 is 24.1 Å². The fourth-order valence-electron chi connectivity index (χ4n) is 3.48. The number of carbonyl (C=O) groups excluding carboxylic acids is 1. The van der Waals surface area contributed by atoms with Gasteiger partial charge in [0.2, 0.25) is 0 Å². The molecule has 0 N–H and O–H groups in total. The van der Waals surface area contributed by atoms with Gasteiger partial charge in [-0.05, 0) is 39.8 Å². The van der Waals surface area contributed by atoms with Crippen molar-refractivity contribution in [3.8, 4) is 0 Å². The number of hydrogen-bond donors (Lipinski definition) is 0. The van der Waals surface area contributed by atoms with Crippen molar-refractivity contribution >= 4 is 18.5 Å². The van der Waals surface area contributed by atoms with Gasteiger partial charge in [-0.25, -0.2) is 4.39 Å². The molecule has 0 unspecified atom stereocenters. The molecule has 3 aliphatic heterocycles. The van der Waals surface area contributed by atoms with E-state index in [1.54, 1.807) is 17.0 Å². The third kappa shape index (κ3) is 2.60. The first-order valence-corrected chi connectivity index (χ1v) is 8.65. The molecule has 0 radical (unpaired) electrons. The molecule has 7 heteroatoms. The molecule has 3 saturated heterocycles. The summed E-state index contributed by atoms with van der Waals surface area (Å²) in [4.78, 5) is 14.2. The van der Waals surface area contributed by atoms with Crippen LogP contribution in [0.3, 0.4) is 0 Å². The fourth-order valence-corrected chi connectivity index (χ4v) is 3.48. The van der Waals surface area contributed by atoms with Gasteiger partial charge in [0.1, 0.15) is 5.82 Å². The molecule has 0 bridgehead atoms. The molecule has 0 saturated carbocycles. The number of ether oxygens (including phenoxy) is 1. The maximum Gasteiger partial charge on any atom is 0.497 e. The molecule has 3 fully saturated rings. The molecule has 5 nitrogen and oxygen atoms in total. The molecule has 1 amide bonds. The second kappa shape index (κ2) is 5.28. The van der Waals surface area contributed by atoms with Crippen molar-refractivity contribution in [3.63, 3.8) is 0 Å². The summed E-state index contributed by atoms with van der Waals surface area (Å²) in [7, 11) is -0.770. The quantitative estimate of drug-likeness (QED) is 0.763. The number of likely N-dealkylation sites (tertiary alicyclic amines) is 1. The minimum absolute atomic E-state index is 0.142. The van der Waals surface area contributed by atoms with Gasteiger partial charge in [-0.1, -0.05) is 6.07 Å². The normalized spacial score (nSPS) is 25.6. The summed E-state index contributed by atoms with van der Waals surface area (Å²) in [5.41, 5.74) is -0.239. The van der Waals surface area contributed by atoms with Gasteiger partial charge in [0.05, 0.1) is 29.8 Å². The Labute approximate surface area is 147 Å². The van der Waals surface area contributed by atoms with Crippen LogP contribution in [-0.4, -0.2) is 55.4 Å². The number of hydrogen-bond acceptors (Lipinski definition) is 4. The van der Waals surface area contributed by atoms with Crippen LogP contribution < -0.4 is 5.46 Å². The van der Waals surface area contributed by atoms with Crippen LogP contribution in [0, 0.1) is 11.2 Å². The molecule has 0 aromatic heterocycles. The van der Waals surface area contributed by atoms with Crippen LogP contribution >= 0.6 is 0 Å². The Hall–Kier alpha value is -1.44. The summed E-state index contributed by atoms with van der Waals surface area (Å²) in [5, 5.41) is 0. The highest BCUT2D eigenvalue weighted by Gasteiger charge is 2.53. The average Bonchev–Trinajstić information content (AvgIpc) is 2.63. The number of nitrogens with zero attached hydrogens (tertiary/aromatic N) is 1. The Balaban J connectivity index is 1.49. The van der Waals surface area contributed by atoms with Crippen LogP contribution in [0.15, 0.2) is 18.2 Å². The first-order chi connectivity index (χ1) is 11.6. The summed E-state index contributed by atoms with van der Waals surface area (Å²) in [6, 6.07) is 4.52. The first kappa shape index (κ1) is 17.0. The van der Waals surface area contributed by atoms with E-state index in [0.717, 1.165) is 0 Å². The van der Waals surface area contributed by atoms with Gasteiger partial charge in [0.25, 0.3) is 5.91 Å². The lowest BCUT2D eigenvalue weighted by atomic mass is 9.77. The zero-order chi connectivity index (χ0) is 18.0. The summed E-state index contributed by atoms with van der Waals surface area (Å²) in [6.45, 7) is 10.5.